The lowest BCUT2D eigenvalue weighted by atomic mass is 10.0. The van der Waals surface area contributed by atoms with Crippen molar-refractivity contribution in [3.05, 3.63) is 28.0 Å². The van der Waals surface area contributed by atoms with Gasteiger partial charge in [0.25, 0.3) is 0 Å². The molecule has 0 spiro atoms. The quantitative estimate of drug-likeness (QED) is 0.785. The maximum atomic E-state index is 11.7. The van der Waals surface area contributed by atoms with Crippen LogP contribution in [0.3, 0.4) is 0 Å². The Morgan fingerprint density at radius 2 is 1.88 bits per heavy atom. The van der Waals surface area contributed by atoms with Crippen LogP contribution in [-0.4, -0.2) is 37.0 Å². The van der Waals surface area contributed by atoms with Crippen molar-refractivity contribution in [2.24, 2.45) is 0 Å². The van der Waals surface area contributed by atoms with Crippen LogP contribution in [0.4, 0.5) is 0 Å². The maximum absolute atomic E-state index is 11.7. The van der Waals surface area contributed by atoms with E-state index in [0.29, 0.717) is 39.4 Å². The molecule has 0 aliphatic carbocycles. The van der Waals surface area contributed by atoms with Crippen LogP contribution in [0, 0.1) is 11.3 Å². The van der Waals surface area contributed by atoms with E-state index >= 15 is 0 Å². The average molecular weight is 409 g/mol. The Kier molecular flexibility index (Phi) is 5.59. The number of aromatic nitrogens is 1. The van der Waals surface area contributed by atoms with E-state index in [1.165, 1.54) is 25.9 Å². The standard InChI is InChI=1S/C17H17BrN2O5/c1-5-20-10(8-19)12(13(18)14(20)17(21)22)9-6-7-11(23-2)16(25-4)15(9)24-3/h6-7H,5H2,1-4H3,(H,21,22). The molecule has 1 heterocycles. The summed E-state index contributed by atoms with van der Waals surface area (Å²) in [6.07, 6.45) is 0. The first-order valence-electron chi connectivity index (χ1n) is 7.31. The van der Waals surface area contributed by atoms with Gasteiger partial charge in [-0.15, -0.1) is 0 Å². The Morgan fingerprint density at radius 3 is 2.32 bits per heavy atom. The minimum atomic E-state index is -1.13. The highest BCUT2D eigenvalue weighted by Gasteiger charge is 2.29. The predicted octanol–water partition coefficient (Wildman–Crippen LogP) is 3.53. The number of carboxylic acids is 1. The van der Waals surface area contributed by atoms with Gasteiger partial charge in [-0.05, 0) is 35.0 Å². The molecule has 0 atom stereocenters. The van der Waals surface area contributed by atoms with Crippen LogP contribution in [0.1, 0.15) is 23.1 Å². The molecule has 0 aliphatic heterocycles. The molecule has 1 aromatic heterocycles. The molecule has 0 amide bonds. The Labute approximate surface area is 153 Å². The van der Waals surface area contributed by atoms with Gasteiger partial charge in [0.05, 0.1) is 25.8 Å². The highest BCUT2D eigenvalue weighted by molar-refractivity contribution is 9.10. The van der Waals surface area contributed by atoms with E-state index in [1.807, 2.05) is 0 Å². The highest BCUT2D eigenvalue weighted by atomic mass is 79.9. The summed E-state index contributed by atoms with van der Waals surface area (Å²) in [4.78, 5) is 11.7. The normalized spacial score (nSPS) is 10.2. The first-order chi connectivity index (χ1) is 12.0. The molecule has 8 heteroatoms. The summed E-state index contributed by atoms with van der Waals surface area (Å²) in [6, 6.07) is 5.46. The zero-order valence-corrected chi connectivity index (χ0v) is 15.8. The topological polar surface area (TPSA) is 93.7 Å². The molecule has 0 saturated carbocycles. The lowest BCUT2D eigenvalue weighted by Gasteiger charge is -2.16. The van der Waals surface area contributed by atoms with Crippen LogP contribution < -0.4 is 14.2 Å². The van der Waals surface area contributed by atoms with E-state index in [1.54, 1.807) is 19.1 Å². The van der Waals surface area contributed by atoms with Gasteiger partial charge in [0.1, 0.15) is 17.5 Å². The summed E-state index contributed by atoms with van der Waals surface area (Å²) in [5, 5.41) is 19.2. The van der Waals surface area contributed by atoms with Crippen LogP contribution in [0.5, 0.6) is 17.2 Å². The van der Waals surface area contributed by atoms with E-state index < -0.39 is 5.97 Å². The number of halogens is 1. The van der Waals surface area contributed by atoms with Gasteiger partial charge in [-0.1, -0.05) is 0 Å². The fraction of sp³-hybridized carbons (Fsp3) is 0.294. The minimum Gasteiger partial charge on any atom is -0.493 e. The van der Waals surface area contributed by atoms with Gasteiger partial charge in [-0.25, -0.2) is 4.79 Å². The van der Waals surface area contributed by atoms with Crippen molar-refractivity contribution in [1.82, 2.24) is 4.57 Å². The number of hydrogen-bond acceptors (Lipinski definition) is 5. The fourth-order valence-electron chi connectivity index (χ4n) is 2.77. The van der Waals surface area contributed by atoms with E-state index in [0.717, 1.165) is 0 Å². The summed E-state index contributed by atoms with van der Waals surface area (Å²) in [5.41, 5.74) is 1.18. The van der Waals surface area contributed by atoms with Crippen molar-refractivity contribution < 1.29 is 24.1 Å². The largest absolute Gasteiger partial charge is 0.493 e. The van der Waals surface area contributed by atoms with Crippen molar-refractivity contribution in [2.75, 3.05) is 21.3 Å². The number of carboxylic acid groups (broad SMARTS) is 1. The van der Waals surface area contributed by atoms with Crippen molar-refractivity contribution in [3.63, 3.8) is 0 Å². The van der Waals surface area contributed by atoms with Gasteiger partial charge in [0.15, 0.2) is 11.5 Å². The third-order valence-electron chi connectivity index (χ3n) is 3.80. The SMILES string of the molecule is CCn1c(C#N)c(-c2ccc(OC)c(OC)c2OC)c(Br)c1C(=O)O. The Morgan fingerprint density at radius 1 is 1.24 bits per heavy atom. The fourth-order valence-corrected chi connectivity index (χ4v) is 3.56. The number of aromatic carboxylic acids is 1. The molecular formula is C17H17BrN2O5. The number of nitriles is 1. The summed E-state index contributed by atoms with van der Waals surface area (Å²) in [7, 11) is 4.45. The number of benzene rings is 1. The van der Waals surface area contributed by atoms with Gasteiger partial charge in [-0.3, -0.25) is 0 Å². The second kappa shape index (κ2) is 7.49. The first kappa shape index (κ1) is 18.7. The molecule has 2 rings (SSSR count). The highest BCUT2D eigenvalue weighted by Crippen LogP contribution is 2.48. The summed E-state index contributed by atoms with van der Waals surface area (Å²) < 4.78 is 17.9. The third-order valence-corrected chi connectivity index (χ3v) is 4.57. The van der Waals surface area contributed by atoms with Gasteiger partial charge in [0, 0.05) is 17.7 Å². The third kappa shape index (κ3) is 2.91. The zero-order chi connectivity index (χ0) is 18.7. The van der Waals surface area contributed by atoms with Gasteiger partial charge >= 0.3 is 5.97 Å². The van der Waals surface area contributed by atoms with Crippen molar-refractivity contribution in [2.45, 2.75) is 13.5 Å². The lowest BCUT2D eigenvalue weighted by molar-refractivity contribution is 0.0684. The van der Waals surface area contributed by atoms with Crippen molar-refractivity contribution >= 4 is 21.9 Å². The molecule has 25 heavy (non-hydrogen) atoms. The molecule has 0 saturated heterocycles. The number of methoxy groups -OCH3 is 3. The molecular weight excluding hydrogens is 392 g/mol. The number of nitrogens with zero attached hydrogens (tertiary/aromatic N) is 2. The van der Waals surface area contributed by atoms with Crippen molar-refractivity contribution in [1.29, 1.82) is 5.26 Å². The van der Waals surface area contributed by atoms with Crippen molar-refractivity contribution in [3.8, 4) is 34.4 Å². The average Bonchev–Trinajstić information content (AvgIpc) is 2.91. The van der Waals surface area contributed by atoms with Crippen LogP contribution >= 0.6 is 15.9 Å². The van der Waals surface area contributed by atoms with Gasteiger partial charge < -0.3 is 23.9 Å². The monoisotopic (exact) mass is 408 g/mol. The molecule has 7 nitrogen and oxygen atoms in total. The Hall–Kier alpha value is -2.66. The van der Waals surface area contributed by atoms with Crippen LogP contribution in [-0.2, 0) is 6.54 Å². The molecule has 0 bridgehead atoms. The Bertz CT molecular complexity index is 867. The summed E-state index contributed by atoms with van der Waals surface area (Å²) in [5.74, 6) is 0.0469. The molecule has 0 aliphatic rings. The molecule has 0 unspecified atom stereocenters. The van der Waals surface area contributed by atoms with E-state index in [9.17, 15) is 15.2 Å². The van der Waals surface area contributed by atoms with E-state index in [4.69, 9.17) is 14.2 Å². The summed E-state index contributed by atoms with van der Waals surface area (Å²) in [6.45, 7) is 2.11. The first-order valence-corrected chi connectivity index (χ1v) is 8.10. The number of hydrogen-bond donors (Lipinski definition) is 1. The van der Waals surface area contributed by atoms with Gasteiger partial charge in [-0.2, -0.15) is 5.26 Å². The second-order valence-electron chi connectivity index (χ2n) is 4.93. The van der Waals surface area contributed by atoms with Gasteiger partial charge in [0.2, 0.25) is 5.75 Å². The molecule has 1 N–H and O–H groups in total. The van der Waals surface area contributed by atoms with E-state index in [-0.39, 0.29) is 11.4 Å². The number of ether oxygens (including phenoxy) is 3. The molecule has 0 fully saturated rings. The maximum Gasteiger partial charge on any atom is 0.353 e. The lowest BCUT2D eigenvalue weighted by Crippen LogP contribution is -2.09. The zero-order valence-electron chi connectivity index (χ0n) is 14.2. The molecule has 0 radical (unpaired) electrons. The molecule has 132 valence electrons. The van der Waals surface area contributed by atoms with Crippen LogP contribution in [0.25, 0.3) is 11.1 Å². The number of carbonyl (C=O) groups is 1. The van der Waals surface area contributed by atoms with E-state index in [2.05, 4.69) is 22.0 Å². The second-order valence-corrected chi connectivity index (χ2v) is 5.72. The molecule has 1 aromatic carbocycles. The Balaban J connectivity index is 2.93. The number of rotatable bonds is 6. The molecule has 2 aromatic rings. The van der Waals surface area contributed by atoms with Crippen LogP contribution in [0.15, 0.2) is 16.6 Å². The minimum absolute atomic E-state index is 0.00545. The van der Waals surface area contributed by atoms with Crippen LogP contribution in [0.2, 0.25) is 0 Å². The summed E-state index contributed by atoms with van der Waals surface area (Å²) >= 11 is 3.34. The smallest absolute Gasteiger partial charge is 0.353 e. The predicted molar refractivity (Wildman–Crippen MR) is 94.6 cm³/mol.